The van der Waals surface area contributed by atoms with Gasteiger partial charge in [-0.15, -0.1) is 0 Å². The summed E-state index contributed by atoms with van der Waals surface area (Å²) in [5, 5.41) is 3.19. The minimum absolute atomic E-state index is 0.0464. The predicted octanol–water partition coefficient (Wildman–Crippen LogP) is 0.588. The maximum absolute atomic E-state index is 12.4. The van der Waals surface area contributed by atoms with Crippen LogP contribution in [0.4, 0.5) is 0 Å². The maximum Gasteiger partial charge on any atom is 0.223 e. The lowest BCUT2D eigenvalue weighted by Crippen LogP contribution is -2.56. The molecule has 0 spiro atoms. The quantitative estimate of drug-likeness (QED) is 0.775. The van der Waals surface area contributed by atoms with E-state index in [0.29, 0.717) is 12.5 Å². The predicted molar refractivity (Wildman–Crippen MR) is 79.4 cm³/mol. The number of ether oxygens (including phenoxy) is 1. The van der Waals surface area contributed by atoms with Crippen molar-refractivity contribution < 1.29 is 9.53 Å². The van der Waals surface area contributed by atoms with E-state index in [1.54, 1.807) is 0 Å². The Morgan fingerprint density at radius 3 is 2.65 bits per heavy atom. The molecule has 5 nitrogen and oxygen atoms in total. The van der Waals surface area contributed by atoms with Gasteiger partial charge in [0.15, 0.2) is 0 Å². The molecule has 5 heteroatoms. The van der Waals surface area contributed by atoms with Gasteiger partial charge in [0.2, 0.25) is 5.91 Å². The molecule has 0 unspecified atom stereocenters. The summed E-state index contributed by atoms with van der Waals surface area (Å²) >= 11 is 0. The monoisotopic (exact) mass is 283 g/mol. The van der Waals surface area contributed by atoms with E-state index in [4.69, 9.17) is 10.5 Å². The van der Waals surface area contributed by atoms with E-state index in [1.165, 1.54) is 0 Å². The highest BCUT2D eigenvalue weighted by Crippen LogP contribution is 2.31. The largest absolute Gasteiger partial charge is 0.381 e. The Morgan fingerprint density at radius 1 is 1.35 bits per heavy atom. The number of nitrogens with zero attached hydrogens (tertiary/aromatic N) is 1. The van der Waals surface area contributed by atoms with E-state index >= 15 is 0 Å². The molecule has 0 aromatic heterocycles. The van der Waals surface area contributed by atoms with Gasteiger partial charge in [0.1, 0.15) is 0 Å². The van der Waals surface area contributed by atoms with Crippen molar-refractivity contribution in [2.45, 2.75) is 37.6 Å². The average Bonchev–Trinajstić information content (AvgIpc) is 2.94. The molecule has 0 bridgehead atoms. The Kier molecular flexibility index (Phi) is 5.41. The van der Waals surface area contributed by atoms with Crippen LogP contribution in [-0.4, -0.2) is 56.7 Å². The lowest BCUT2D eigenvalue weighted by Gasteiger charge is -2.43. The third-order valence-corrected chi connectivity index (χ3v) is 5.26. The van der Waals surface area contributed by atoms with Crippen molar-refractivity contribution in [3.8, 4) is 0 Å². The fourth-order valence-corrected chi connectivity index (χ4v) is 3.58. The van der Waals surface area contributed by atoms with E-state index in [2.05, 4.69) is 24.3 Å². The average molecular weight is 283 g/mol. The van der Waals surface area contributed by atoms with Gasteiger partial charge >= 0.3 is 0 Å². The van der Waals surface area contributed by atoms with Crippen molar-refractivity contribution in [3.63, 3.8) is 0 Å². The van der Waals surface area contributed by atoms with Crippen molar-refractivity contribution in [3.05, 3.63) is 0 Å². The molecule has 2 aliphatic rings. The van der Waals surface area contributed by atoms with E-state index in [9.17, 15) is 4.79 Å². The number of carbonyl (C=O) groups is 1. The smallest absolute Gasteiger partial charge is 0.223 e. The van der Waals surface area contributed by atoms with Gasteiger partial charge in [0, 0.05) is 31.2 Å². The van der Waals surface area contributed by atoms with Crippen LogP contribution in [0, 0.1) is 11.8 Å². The first-order valence-electron chi connectivity index (χ1n) is 7.82. The summed E-state index contributed by atoms with van der Waals surface area (Å²) in [4.78, 5) is 14.6. The van der Waals surface area contributed by atoms with Gasteiger partial charge in [-0.2, -0.15) is 0 Å². The van der Waals surface area contributed by atoms with E-state index in [0.717, 1.165) is 51.9 Å². The molecule has 1 amide bonds. The normalized spacial score (nSPS) is 29.6. The fraction of sp³-hybridized carbons (Fsp3) is 0.933. The number of amides is 1. The maximum atomic E-state index is 12.4. The number of likely N-dealkylation sites (N-methyl/N-ethyl adjacent to an activating group) is 1. The summed E-state index contributed by atoms with van der Waals surface area (Å²) in [5.41, 5.74) is 5.82. The zero-order chi connectivity index (χ0) is 14.6. The molecule has 1 aliphatic carbocycles. The second kappa shape index (κ2) is 6.87. The summed E-state index contributed by atoms with van der Waals surface area (Å²) in [6.45, 7) is 2.91. The van der Waals surface area contributed by atoms with Crippen molar-refractivity contribution >= 4 is 5.91 Å². The Bertz CT molecular complexity index is 327. The van der Waals surface area contributed by atoms with E-state index in [-0.39, 0.29) is 17.4 Å². The van der Waals surface area contributed by atoms with Gasteiger partial charge in [0.05, 0.1) is 0 Å². The molecule has 20 heavy (non-hydrogen) atoms. The standard InChI is InChI=1S/C15H29N3O2/c1-18(2)15(6-8-20-9-7-15)11-17-14(19)13-5-3-4-12(13)10-16/h12-13H,3-11,16H2,1-2H3,(H,17,19)/t12-,13-/m1/s1. The molecule has 1 aliphatic heterocycles. The van der Waals surface area contributed by atoms with Gasteiger partial charge in [-0.1, -0.05) is 6.42 Å². The molecular formula is C15H29N3O2. The summed E-state index contributed by atoms with van der Waals surface area (Å²) in [5.74, 6) is 0.699. The first-order chi connectivity index (χ1) is 9.59. The molecule has 1 saturated carbocycles. The lowest BCUT2D eigenvalue weighted by atomic mass is 9.88. The van der Waals surface area contributed by atoms with Gasteiger partial charge in [-0.25, -0.2) is 0 Å². The zero-order valence-corrected chi connectivity index (χ0v) is 12.9. The molecule has 2 rings (SSSR count). The van der Waals surface area contributed by atoms with Crippen LogP contribution in [0.5, 0.6) is 0 Å². The first kappa shape index (κ1) is 15.7. The molecule has 1 saturated heterocycles. The molecular weight excluding hydrogens is 254 g/mol. The van der Waals surface area contributed by atoms with Crippen LogP contribution in [0.2, 0.25) is 0 Å². The summed E-state index contributed by atoms with van der Waals surface area (Å²) in [7, 11) is 4.19. The number of hydrogen-bond donors (Lipinski definition) is 2. The first-order valence-corrected chi connectivity index (χ1v) is 7.82. The second-order valence-electron chi connectivity index (χ2n) is 6.48. The van der Waals surface area contributed by atoms with E-state index < -0.39 is 0 Å². The van der Waals surface area contributed by atoms with Crippen LogP contribution in [-0.2, 0) is 9.53 Å². The summed E-state index contributed by atoms with van der Waals surface area (Å²) in [6, 6.07) is 0. The highest BCUT2D eigenvalue weighted by molar-refractivity contribution is 5.79. The Balaban J connectivity index is 1.90. The lowest BCUT2D eigenvalue weighted by molar-refractivity contribution is -0.127. The molecule has 0 aromatic carbocycles. The van der Waals surface area contributed by atoms with Crippen molar-refractivity contribution in [1.29, 1.82) is 0 Å². The highest BCUT2D eigenvalue weighted by atomic mass is 16.5. The van der Waals surface area contributed by atoms with Crippen LogP contribution in [0.1, 0.15) is 32.1 Å². The van der Waals surface area contributed by atoms with Crippen LogP contribution >= 0.6 is 0 Å². The van der Waals surface area contributed by atoms with E-state index in [1.807, 2.05) is 0 Å². The minimum atomic E-state index is 0.0464. The molecule has 0 radical (unpaired) electrons. The van der Waals surface area contributed by atoms with Crippen molar-refractivity contribution in [2.24, 2.45) is 17.6 Å². The number of nitrogens with two attached hydrogens (primary N) is 1. The zero-order valence-electron chi connectivity index (χ0n) is 12.9. The van der Waals surface area contributed by atoms with Gasteiger partial charge < -0.3 is 20.7 Å². The second-order valence-corrected chi connectivity index (χ2v) is 6.48. The van der Waals surface area contributed by atoms with Gasteiger partial charge in [-0.3, -0.25) is 4.79 Å². The third kappa shape index (κ3) is 3.32. The number of hydrogen-bond acceptors (Lipinski definition) is 4. The highest BCUT2D eigenvalue weighted by Gasteiger charge is 2.37. The Hall–Kier alpha value is -0.650. The van der Waals surface area contributed by atoms with Crippen molar-refractivity contribution in [1.82, 2.24) is 10.2 Å². The van der Waals surface area contributed by atoms with Crippen molar-refractivity contribution in [2.75, 3.05) is 40.4 Å². The third-order valence-electron chi connectivity index (χ3n) is 5.26. The summed E-state index contributed by atoms with van der Waals surface area (Å²) in [6.07, 6.45) is 5.18. The molecule has 3 N–H and O–H groups in total. The SMILES string of the molecule is CN(C)C1(CNC(=O)[C@@H]2CCC[C@@H]2CN)CCOCC1. The van der Waals surface area contributed by atoms with Crippen LogP contribution in [0.15, 0.2) is 0 Å². The topological polar surface area (TPSA) is 67.6 Å². The molecule has 1 heterocycles. The Labute approximate surface area is 122 Å². The van der Waals surface area contributed by atoms with Gasteiger partial charge in [-0.05, 0) is 52.2 Å². The molecule has 2 atom stereocenters. The molecule has 0 aromatic rings. The Morgan fingerprint density at radius 2 is 2.05 bits per heavy atom. The van der Waals surface area contributed by atoms with Crippen LogP contribution in [0.3, 0.4) is 0 Å². The summed E-state index contributed by atoms with van der Waals surface area (Å²) < 4.78 is 5.46. The molecule has 2 fully saturated rings. The van der Waals surface area contributed by atoms with Gasteiger partial charge in [0.25, 0.3) is 0 Å². The van der Waals surface area contributed by atoms with Crippen LogP contribution in [0.25, 0.3) is 0 Å². The number of rotatable bonds is 5. The number of carbonyl (C=O) groups excluding carboxylic acids is 1. The molecule has 116 valence electrons. The fourth-order valence-electron chi connectivity index (χ4n) is 3.58. The minimum Gasteiger partial charge on any atom is -0.381 e. The van der Waals surface area contributed by atoms with Crippen LogP contribution < -0.4 is 11.1 Å². The number of nitrogens with one attached hydrogen (secondary N) is 1.